The summed E-state index contributed by atoms with van der Waals surface area (Å²) < 4.78 is 2.09. The quantitative estimate of drug-likeness (QED) is 0.860. The predicted molar refractivity (Wildman–Crippen MR) is 66.6 cm³/mol. The van der Waals surface area contributed by atoms with Crippen LogP contribution in [0.5, 0.6) is 0 Å². The maximum Gasteiger partial charge on any atom is 0.124 e. The molecule has 1 aliphatic carbocycles. The van der Waals surface area contributed by atoms with Crippen molar-refractivity contribution in [2.75, 3.05) is 5.32 Å². The normalized spacial score (nSPS) is 15.2. The molecule has 0 atom stereocenters. The lowest BCUT2D eigenvalue weighted by Crippen LogP contribution is -2.08. The van der Waals surface area contributed by atoms with Gasteiger partial charge in [-0.25, -0.2) is 4.68 Å². The van der Waals surface area contributed by atoms with Gasteiger partial charge in [0.05, 0.1) is 6.20 Å². The van der Waals surface area contributed by atoms with Crippen LogP contribution in [0.3, 0.4) is 0 Å². The molecule has 0 spiro atoms. The second-order valence-corrected chi connectivity index (χ2v) is 5.11. The van der Waals surface area contributed by atoms with Crippen molar-refractivity contribution < 1.29 is 0 Å². The molecule has 0 radical (unpaired) electrons. The molecule has 1 saturated carbocycles. The molecule has 2 aromatic heterocycles. The number of rotatable bonds is 5. The minimum atomic E-state index is 0.863. The second-order valence-electron chi connectivity index (χ2n) is 4.33. The van der Waals surface area contributed by atoms with Gasteiger partial charge in [0, 0.05) is 19.2 Å². The lowest BCUT2D eigenvalue weighted by atomic mass is 10.3. The Hall–Kier alpha value is -1.29. The number of aromatic nitrogens is 2. The van der Waals surface area contributed by atoms with E-state index in [-0.39, 0.29) is 0 Å². The third kappa shape index (κ3) is 2.27. The molecule has 0 aromatic carbocycles. The van der Waals surface area contributed by atoms with Crippen LogP contribution in [0.4, 0.5) is 5.82 Å². The zero-order valence-corrected chi connectivity index (χ0v) is 9.91. The minimum Gasteiger partial charge on any atom is -0.366 e. The summed E-state index contributed by atoms with van der Waals surface area (Å²) in [5, 5.41) is 12.1. The van der Waals surface area contributed by atoms with Crippen LogP contribution < -0.4 is 5.32 Å². The van der Waals surface area contributed by atoms with Crippen LogP contribution in [0.25, 0.3) is 0 Å². The molecular weight excluding hydrogens is 218 g/mol. The summed E-state index contributed by atoms with van der Waals surface area (Å²) in [6.07, 6.45) is 4.60. The summed E-state index contributed by atoms with van der Waals surface area (Å²) in [5.74, 6) is 2.00. The molecule has 2 heterocycles. The fourth-order valence-corrected chi connectivity index (χ4v) is 2.43. The molecule has 3 nitrogen and oxygen atoms in total. The van der Waals surface area contributed by atoms with Crippen molar-refractivity contribution in [3.8, 4) is 0 Å². The lowest BCUT2D eigenvalue weighted by Gasteiger charge is -2.08. The van der Waals surface area contributed by atoms with Gasteiger partial charge in [-0.1, -0.05) is 0 Å². The van der Waals surface area contributed by atoms with Crippen molar-refractivity contribution in [2.24, 2.45) is 5.92 Å². The van der Waals surface area contributed by atoms with Crippen molar-refractivity contribution in [1.82, 2.24) is 9.78 Å². The molecule has 1 fully saturated rings. The third-order valence-corrected chi connectivity index (χ3v) is 3.63. The Kier molecular flexibility index (Phi) is 2.66. The first-order chi connectivity index (χ1) is 7.92. The van der Waals surface area contributed by atoms with Crippen molar-refractivity contribution >= 4 is 17.2 Å². The molecule has 2 aromatic rings. The molecule has 1 aliphatic rings. The summed E-state index contributed by atoms with van der Waals surface area (Å²) in [6.45, 7) is 1.96. The Balaban J connectivity index is 1.62. The highest BCUT2D eigenvalue weighted by Crippen LogP contribution is 2.31. The average molecular weight is 233 g/mol. The Labute approximate surface area is 99.1 Å². The molecule has 1 N–H and O–H groups in total. The Bertz CT molecular complexity index is 443. The number of hydrogen-bond acceptors (Lipinski definition) is 3. The lowest BCUT2D eigenvalue weighted by molar-refractivity contribution is 0.567. The van der Waals surface area contributed by atoms with Crippen molar-refractivity contribution in [3.63, 3.8) is 0 Å². The second kappa shape index (κ2) is 4.29. The van der Waals surface area contributed by atoms with Gasteiger partial charge in [0.1, 0.15) is 5.82 Å². The van der Waals surface area contributed by atoms with Gasteiger partial charge in [0.2, 0.25) is 0 Å². The van der Waals surface area contributed by atoms with Crippen LogP contribution in [-0.2, 0) is 13.1 Å². The van der Waals surface area contributed by atoms with E-state index in [9.17, 15) is 0 Å². The zero-order valence-electron chi connectivity index (χ0n) is 9.10. The van der Waals surface area contributed by atoms with Gasteiger partial charge in [0.25, 0.3) is 0 Å². The van der Waals surface area contributed by atoms with Crippen LogP contribution >= 0.6 is 11.3 Å². The van der Waals surface area contributed by atoms with E-state index >= 15 is 0 Å². The zero-order chi connectivity index (χ0) is 10.8. The number of nitrogens with zero attached hydrogens (tertiary/aromatic N) is 2. The number of thiophene rings is 1. The number of nitrogens with one attached hydrogen (secondary N) is 1. The Morgan fingerprint density at radius 1 is 1.44 bits per heavy atom. The van der Waals surface area contributed by atoms with Crippen molar-refractivity contribution in [1.29, 1.82) is 0 Å². The van der Waals surface area contributed by atoms with E-state index in [0.717, 1.165) is 24.8 Å². The molecule has 0 unspecified atom stereocenters. The van der Waals surface area contributed by atoms with Gasteiger partial charge in [-0.15, -0.1) is 0 Å². The third-order valence-electron chi connectivity index (χ3n) is 2.90. The van der Waals surface area contributed by atoms with Crippen LogP contribution in [0.1, 0.15) is 18.4 Å². The molecule has 0 amide bonds. The average Bonchev–Trinajstić information content (AvgIpc) is 2.80. The first-order valence-corrected chi connectivity index (χ1v) is 6.63. The fraction of sp³-hybridized carbons (Fsp3) is 0.417. The highest BCUT2D eigenvalue weighted by Gasteiger charge is 2.22. The topological polar surface area (TPSA) is 29.9 Å². The molecular formula is C12H15N3S. The summed E-state index contributed by atoms with van der Waals surface area (Å²) in [5.41, 5.74) is 1.34. The van der Waals surface area contributed by atoms with E-state index in [2.05, 4.69) is 38.0 Å². The number of anilines is 1. The van der Waals surface area contributed by atoms with E-state index < -0.39 is 0 Å². The first kappa shape index (κ1) is 9.90. The van der Waals surface area contributed by atoms with Gasteiger partial charge in [-0.3, -0.25) is 0 Å². The highest BCUT2D eigenvalue weighted by atomic mass is 32.1. The predicted octanol–water partition coefficient (Wildman–Crippen LogP) is 2.97. The molecule has 4 heteroatoms. The van der Waals surface area contributed by atoms with Crippen LogP contribution in [0.2, 0.25) is 0 Å². The maximum absolute atomic E-state index is 4.35. The van der Waals surface area contributed by atoms with E-state index in [1.54, 1.807) is 11.3 Å². The number of hydrogen-bond donors (Lipinski definition) is 1. The van der Waals surface area contributed by atoms with Gasteiger partial charge in [-0.05, 0) is 41.1 Å². The molecule has 3 rings (SSSR count). The smallest absolute Gasteiger partial charge is 0.124 e. The van der Waals surface area contributed by atoms with Gasteiger partial charge in [-0.2, -0.15) is 16.4 Å². The summed E-state index contributed by atoms with van der Waals surface area (Å²) in [6, 6.07) is 4.20. The van der Waals surface area contributed by atoms with Crippen molar-refractivity contribution in [3.05, 3.63) is 34.7 Å². The standard InChI is InChI=1S/C12H15N3S/c1-2-10(1)8-15-12(3-5-14-15)13-7-11-4-6-16-9-11/h3-6,9-10,13H,1-2,7-8H2. The van der Waals surface area contributed by atoms with Gasteiger partial charge in [0.15, 0.2) is 0 Å². The van der Waals surface area contributed by atoms with Gasteiger partial charge >= 0.3 is 0 Å². The van der Waals surface area contributed by atoms with E-state index in [0.29, 0.717) is 0 Å². The molecule has 84 valence electrons. The van der Waals surface area contributed by atoms with Crippen molar-refractivity contribution in [2.45, 2.75) is 25.9 Å². The van der Waals surface area contributed by atoms with Gasteiger partial charge < -0.3 is 5.32 Å². The summed E-state index contributed by atoms with van der Waals surface area (Å²) in [4.78, 5) is 0. The van der Waals surface area contributed by atoms with E-state index in [1.807, 2.05) is 6.20 Å². The summed E-state index contributed by atoms with van der Waals surface area (Å²) in [7, 11) is 0. The Morgan fingerprint density at radius 2 is 2.38 bits per heavy atom. The summed E-state index contributed by atoms with van der Waals surface area (Å²) >= 11 is 1.74. The molecule has 0 saturated heterocycles. The molecule has 0 bridgehead atoms. The SMILES string of the molecule is c1cc(NCc2ccsc2)n(CC2CC2)n1. The largest absolute Gasteiger partial charge is 0.366 e. The van der Waals surface area contributed by atoms with Crippen LogP contribution in [0, 0.1) is 5.92 Å². The maximum atomic E-state index is 4.35. The van der Waals surface area contributed by atoms with Crippen LogP contribution in [0.15, 0.2) is 29.1 Å². The monoisotopic (exact) mass is 233 g/mol. The first-order valence-electron chi connectivity index (χ1n) is 5.68. The minimum absolute atomic E-state index is 0.863. The highest BCUT2D eigenvalue weighted by molar-refractivity contribution is 7.07. The van der Waals surface area contributed by atoms with E-state index in [4.69, 9.17) is 0 Å². The fourth-order valence-electron chi connectivity index (χ4n) is 1.76. The molecule has 16 heavy (non-hydrogen) atoms. The van der Waals surface area contributed by atoms with Crippen LogP contribution in [-0.4, -0.2) is 9.78 Å². The molecule has 0 aliphatic heterocycles. The van der Waals surface area contributed by atoms with E-state index in [1.165, 1.54) is 18.4 Å². The Morgan fingerprint density at radius 3 is 3.12 bits per heavy atom.